The van der Waals surface area contributed by atoms with E-state index in [-0.39, 0.29) is 7.30 Å². The molecule has 90 valence electrons. The lowest BCUT2D eigenvalue weighted by molar-refractivity contribution is 0.522. The third-order valence-electron chi connectivity index (χ3n) is 2.87. The number of hydrogen-bond acceptors (Lipinski definition) is 2. The number of rotatable bonds is 5. The van der Waals surface area contributed by atoms with Crippen LogP contribution >= 0.6 is 33.1 Å². The lowest BCUT2D eigenvalue weighted by atomic mass is 10.0. The van der Waals surface area contributed by atoms with Crippen LogP contribution in [-0.2, 0) is 9.84 Å². The summed E-state index contributed by atoms with van der Waals surface area (Å²) in [7, 11) is 3.58. The van der Waals surface area contributed by atoms with Crippen LogP contribution in [0.2, 0.25) is 0 Å². The lowest BCUT2D eigenvalue weighted by Gasteiger charge is -2.23. The minimum atomic E-state index is -2.73. The van der Waals surface area contributed by atoms with E-state index in [0.29, 0.717) is 23.1 Å². The molecule has 0 bridgehead atoms. The Morgan fingerprint density at radius 2 is 2.13 bits per heavy atom. The minimum Gasteiger partial charge on any atom is -0.229 e. The first-order valence-corrected chi connectivity index (χ1v) is 13.7. The van der Waals surface area contributed by atoms with E-state index in [1.165, 1.54) is 12.8 Å². The molecule has 0 saturated carbocycles. The SMILES string of the molecule is CCCCC1CS(=O)(=O)CC1P(P)PP. The summed E-state index contributed by atoms with van der Waals surface area (Å²) in [5.41, 5.74) is 0.442. The van der Waals surface area contributed by atoms with Crippen molar-refractivity contribution in [3.63, 3.8) is 0 Å². The van der Waals surface area contributed by atoms with E-state index in [1.54, 1.807) is 0 Å². The summed E-state index contributed by atoms with van der Waals surface area (Å²) >= 11 is 0. The molecule has 2 nitrogen and oxygen atoms in total. The Bertz CT molecular complexity index is 293. The van der Waals surface area contributed by atoms with Crippen LogP contribution in [0.3, 0.4) is 0 Å². The summed E-state index contributed by atoms with van der Waals surface area (Å²) in [6.07, 6.45) is 3.44. The van der Waals surface area contributed by atoms with Crippen molar-refractivity contribution in [2.24, 2.45) is 5.92 Å². The van der Waals surface area contributed by atoms with Gasteiger partial charge in [0.25, 0.3) is 0 Å². The zero-order valence-corrected chi connectivity index (χ0v) is 14.0. The fourth-order valence-electron chi connectivity index (χ4n) is 2.05. The van der Waals surface area contributed by atoms with Crippen LogP contribution < -0.4 is 0 Å². The van der Waals surface area contributed by atoms with Crippen molar-refractivity contribution in [1.82, 2.24) is 0 Å². The molecule has 6 atom stereocenters. The van der Waals surface area contributed by atoms with E-state index in [0.717, 1.165) is 14.4 Å². The quantitative estimate of drug-likeness (QED) is 0.731. The molecule has 1 saturated heterocycles. The Balaban J connectivity index is 2.65. The van der Waals surface area contributed by atoms with Crippen LogP contribution in [-0.4, -0.2) is 25.6 Å². The molecule has 7 heteroatoms. The standard InChI is InChI=1S/C8H20O2P4S/c1-2-3-4-7-5-15(9,10)6-8(7)14(12)13-11/h7-8,13H,2-6,11-12H2,1H3. The molecule has 0 spiro atoms. The fourth-order valence-corrected chi connectivity index (χ4v) is 11.5. The molecule has 15 heavy (non-hydrogen) atoms. The molecular weight excluding hydrogens is 284 g/mol. The third kappa shape index (κ3) is 4.44. The maximum Gasteiger partial charge on any atom is 0.151 e. The fraction of sp³-hybridized carbons (Fsp3) is 1.00. The van der Waals surface area contributed by atoms with Crippen LogP contribution in [0.25, 0.3) is 0 Å². The van der Waals surface area contributed by atoms with Crippen LogP contribution in [0, 0.1) is 5.92 Å². The molecular formula is C8H20O2P4S. The Morgan fingerprint density at radius 1 is 1.47 bits per heavy atom. The van der Waals surface area contributed by atoms with Crippen molar-refractivity contribution >= 4 is 43.0 Å². The highest BCUT2D eigenvalue weighted by Crippen LogP contribution is 2.71. The van der Waals surface area contributed by atoms with Gasteiger partial charge in [-0.15, -0.1) is 17.9 Å². The van der Waals surface area contributed by atoms with Crippen molar-refractivity contribution in [3.05, 3.63) is 0 Å². The second-order valence-electron chi connectivity index (χ2n) is 4.08. The van der Waals surface area contributed by atoms with E-state index in [9.17, 15) is 8.42 Å². The van der Waals surface area contributed by atoms with E-state index < -0.39 is 9.84 Å². The normalized spacial score (nSPS) is 32.5. The second kappa shape index (κ2) is 6.56. The van der Waals surface area contributed by atoms with Gasteiger partial charge in [-0.05, 0) is 12.3 Å². The van der Waals surface area contributed by atoms with Gasteiger partial charge in [0.2, 0.25) is 0 Å². The third-order valence-corrected chi connectivity index (χ3v) is 16.3. The van der Waals surface area contributed by atoms with Crippen molar-refractivity contribution in [1.29, 1.82) is 0 Å². The summed E-state index contributed by atoms with van der Waals surface area (Å²) in [4.78, 5) is 0. The molecule has 0 aromatic carbocycles. The molecule has 6 unspecified atom stereocenters. The minimum absolute atomic E-state index is 0.166. The highest BCUT2D eigenvalue weighted by atomic mass is 32.6. The van der Waals surface area contributed by atoms with Crippen LogP contribution in [0.4, 0.5) is 0 Å². The van der Waals surface area contributed by atoms with Crippen molar-refractivity contribution in [3.8, 4) is 0 Å². The molecule has 1 aliphatic rings. The highest BCUT2D eigenvalue weighted by molar-refractivity contribution is 8.61. The molecule has 0 aromatic rings. The Hall–Kier alpha value is 1.67. The number of hydrogen-bond donors (Lipinski definition) is 0. The van der Waals surface area contributed by atoms with Gasteiger partial charge in [-0.25, -0.2) is 8.42 Å². The highest BCUT2D eigenvalue weighted by Gasteiger charge is 2.39. The molecule has 1 aliphatic heterocycles. The monoisotopic (exact) mass is 304 g/mol. The van der Waals surface area contributed by atoms with Gasteiger partial charge < -0.3 is 0 Å². The summed E-state index contributed by atoms with van der Waals surface area (Å²) in [6, 6.07) is 0. The van der Waals surface area contributed by atoms with E-state index in [2.05, 4.69) is 24.8 Å². The first kappa shape index (κ1) is 14.7. The Morgan fingerprint density at radius 3 is 2.67 bits per heavy atom. The Kier molecular flexibility index (Phi) is 6.44. The predicted molar refractivity (Wildman–Crippen MR) is 80.1 cm³/mol. The molecule has 0 radical (unpaired) electrons. The zero-order valence-electron chi connectivity index (χ0n) is 9.02. The summed E-state index contributed by atoms with van der Waals surface area (Å²) in [5, 5.41) is 0. The number of sulfone groups is 1. The number of unbranched alkanes of at least 4 members (excludes halogenated alkanes) is 1. The van der Waals surface area contributed by atoms with Crippen LogP contribution in [0.5, 0.6) is 0 Å². The molecule has 0 N–H and O–H groups in total. The topological polar surface area (TPSA) is 34.1 Å². The second-order valence-corrected chi connectivity index (χ2v) is 15.8. The zero-order chi connectivity index (χ0) is 11.5. The molecule has 1 rings (SSSR count). The Labute approximate surface area is 101 Å². The molecule has 1 heterocycles. The lowest BCUT2D eigenvalue weighted by Crippen LogP contribution is -2.13. The first-order chi connectivity index (χ1) is 7.00. The molecule has 0 aliphatic carbocycles. The van der Waals surface area contributed by atoms with Gasteiger partial charge in [0.15, 0.2) is 9.84 Å². The van der Waals surface area contributed by atoms with Crippen molar-refractivity contribution in [2.45, 2.75) is 31.8 Å². The van der Waals surface area contributed by atoms with Gasteiger partial charge in [-0.1, -0.05) is 35.0 Å². The van der Waals surface area contributed by atoms with Crippen LogP contribution in [0.15, 0.2) is 0 Å². The van der Waals surface area contributed by atoms with E-state index in [4.69, 9.17) is 0 Å². The van der Waals surface area contributed by atoms with Gasteiger partial charge in [-0.2, -0.15) is 0 Å². The van der Waals surface area contributed by atoms with Gasteiger partial charge in [0, 0.05) is 5.66 Å². The smallest absolute Gasteiger partial charge is 0.151 e. The van der Waals surface area contributed by atoms with Gasteiger partial charge >= 0.3 is 0 Å². The van der Waals surface area contributed by atoms with Gasteiger partial charge in [0.1, 0.15) is 0 Å². The van der Waals surface area contributed by atoms with Crippen LogP contribution in [0.1, 0.15) is 26.2 Å². The average Bonchev–Trinajstić information content (AvgIpc) is 2.49. The summed E-state index contributed by atoms with van der Waals surface area (Å²) in [5.74, 6) is 1.32. The van der Waals surface area contributed by atoms with Crippen molar-refractivity contribution in [2.75, 3.05) is 11.5 Å². The van der Waals surface area contributed by atoms with Gasteiger partial charge in [-0.3, -0.25) is 0 Å². The average molecular weight is 304 g/mol. The molecule has 0 amide bonds. The van der Waals surface area contributed by atoms with E-state index >= 15 is 0 Å². The summed E-state index contributed by atoms with van der Waals surface area (Å²) < 4.78 is 23.3. The predicted octanol–water partition coefficient (Wildman–Crippen LogP) is 3.25. The van der Waals surface area contributed by atoms with Crippen molar-refractivity contribution < 1.29 is 8.42 Å². The summed E-state index contributed by atoms with van der Waals surface area (Å²) in [6.45, 7) is 2.17. The maximum absolute atomic E-state index is 11.6. The largest absolute Gasteiger partial charge is 0.229 e. The van der Waals surface area contributed by atoms with E-state index in [1.807, 2.05) is 0 Å². The first-order valence-electron chi connectivity index (χ1n) is 5.20. The van der Waals surface area contributed by atoms with Gasteiger partial charge in [0.05, 0.1) is 11.5 Å². The molecule has 0 aromatic heterocycles. The maximum atomic E-state index is 11.6. The molecule has 1 fully saturated rings.